The Bertz CT molecular complexity index is 306. The molecule has 0 amide bonds. The van der Waals surface area contributed by atoms with E-state index in [4.69, 9.17) is 0 Å². The second kappa shape index (κ2) is 2.70. The van der Waals surface area contributed by atoms with E-state index in [1.54, 1.807) is 0 Å². The third-order valence-corrected chi connectivity index (χ3v) is 3.88. The molecule has 2 heteroatoms. The third-order valence-electron chi connectivity index (χ3n) is 2.58. The van der Waals surface area contributed by atoms with Gasteiger partial charge in [-0.15, -0.1) is 0 Å². The van der Waals surface area contributed by atoms with Crippen molar-refractivity contribution in [3.63, 3.8) is 0 Å². The Morgan fingerprint density at radius 2 is 2.17 bits per heavy atom. The highest BCUT2D eigenvalue weighted by molar-refractivity contribution is 14.1. The highest BCUT2D eigenvalue weighted by Gasteiger charge is 2.39. The molecular weight excluding hydrogens is 263 g/mol. The van der Waals surface area contributed by atoms with Crippen LogP contribution in [0.2, 0.25) is 0 Å². The van der Waals surface area contributed by atoms with E-state index >= 15 is 0 Å². The van der Waals surface area contributed by atoms with E-state index in [0.29, 0.717) is 0 Å². The van der Waals surface area contributed by atoms with Crippen LogP contribution >= 0.6 is 22.6 Å². The Balaban J connectivity index is 2.55. The molecule has 64 valence electrons. The van der Waals surface area contributed by atoms with Crippen molar-refractivity contribution in [1.29, 1.82) is 0 Å². The van der Waals surface area contributed by atoms with E-state index in [2.05, 4.69) is 41.6 Å². The van der Waals surface area contributed by atoms with Crippen LogP contribution in [-0.4, -0.2) is 11.2 Å². The van der Waals surface area contributed by atoms with Crippen LogP contribution in [0, 0.1) is 0 Å². The number of rotatable bonds is 0. The van der Waals surface area contributed by atoms with Gasteiger partial charge in [0, 0.05) is 6.42 Å². The molecule has 2 rings (SSSR count). The lowest BCUT2D eigenvalue weighted by molar-refractivity contribution is 0.156. The summed E-state index contributed by atoms with van der Waals surface area (Å²) in [5.41, 5.74) is 2.58. The van der Waals surface area contributed by atoms with Gasteiger partial charge in [-0.3, -0.25) is 0 Å². The molecule has 0 saturated heterocycles. The number of halogens is 1. The topological polar surface area (TPSA) is 20.2 Å². The molecule has 2 atom stereocenters. The molecule has 1 aliphatic carbocycles. The molecule has 0 saturated carbocycles. The SMILES string of the molecule is CC1(I)c2ccccc2CC1O. The molecule has 0 radical (unpaired) electrons. The fourth-order valence-electron chi connectivity index (χ4n) is 1.75. The lowest BCUT2D eigenvalue weighted by Gasteiger charge is -2.21. The summed E-state index contributed by atoms with van der Waals surface area (Å²) in [6, 6.07) is 8.28. The van der Waals surface area contributed by atoms with E-state index in [0.717, 1.165) is 6.42 Å². The molecule has 1 nitrogen and oxygen atoms in total. The summed E-state index contributed by atoms with van der Waals surface area (Å²) in [6.07, 6.45) is 0.575. The van der Waals surface area contributed by atoms with Crippen molar-refractivity contribution in [2.45, 2.75) is 22.9 Å². The van der Waals surface area contributed by atoms with Crippen LogP contribution in [0.15, 0.2) is 24.3 Å². The maximum atomic E-state index is 9.77. The fraction of sp³-hybridized carbons (Fsp3) is 0.400. The smallest absolute Gasteiger partial charge is 0.0764 e. The number of hydrogen-bond acceptors (Lipinski definition) is 1. The zero-order valence-corrected chi connectivity index (χ0v) is 9.08. The Hall–Kier alpha value is -0.0900. The van der Waals surface area contributed by atoms with Gasteiger partial charge in [0.25, 0.3) is 0 Å². The summed E-state index contributed by atoms with van der Waals surface area (Å²) in [4.78, 5) is 0. The van der Waals surface area contributed by atoms with E-state index in [-0.39, 0.29) is 9.53 Å². The zero-order chi connectivity index (χ0) is 8.77. The first-order valence-corrected chi connectivity index (χ1v) is 5.15. The van der Waals surface area contributed by atoms with Crippen molar-refractivity contribution in [3.8, 4) is 0 Å². The van der Waals surface area contributed by atoms with Crippen molar-refractivity contribution >= 4 is 22.6 Å². The Morgan fingerprint density at radius 3 is 2.83 bits per heavy atom. The molecule has 0 fully saturated rings. The molecule has 1 N–H and O–H groups in total. The van der Waals surface area contributed by atoms with Gasteiger partial charge < -0.3 is 5.11 Å². The summed E-state index contributed by atoms with van der Waals surface area (Å²) >= 11 is 2.33. The summed E-state index contributed by atoms with van der Waals surface area (Å²) in [5.74, 6) is 0. The van der Waals surface area contributed by atoms with Gasteiger partial charge in [-0.25, -0.2) is 0 Å². The van der Waals surface area contributed by atoms with Crippen molar-refractivity contribution in [1.82, 2.24) is 0 Å². The summed E-state index contributed by atoms with van der Waals surface area (Å²) in [5, 5.41) is 9.77. The highest BCUT2D eigenvalue weighted by atomic mass is 127. The van der Waals surface area contributed by atoms with E-state index < -0.39 is 0 Å². The molecule has 2 unspecified atom stereocenters. The molecule has 1 aromatic rings. The minimum absolute atomic E-state index is 0.0889. The second-order valence-corrected chi connectivity index (χ2v) is 5.69. The second-order valence-electron chi connectivity index (χ2n) is 3.45. The first-order valence-electron chi connectivity index (χ1n) is 4.08. The standard InChI is InChI=1S/C10H11IO/c1-10(11)8-5-3-2-4-7(8)6-9(10)12/h2-5,9,12H,6H2,1H3. The molecular formula is C10H11IO. The summed E-state index contributed by atoms with van der Waals surface area (Å²) in [7, 11) is 0. The first kappa shape index (κ1) is 8.51. The fourth-order valence-corrected chi connectivity index (χ4v) is 2.50. The predicted molar refractivity (Wildman–Crippen MR) is 57.5 cm³/mol. The number of aliphatic hydroxyl groups is 1. The maximum Gasteiger partial charge on any atom is 0.0764 e. The van der Waals surface area contributed by atoms with Crippen LogP contribution in [0.4, 0.5) is 0 Å². The molecule has 0 bridgehead atoms. The molecule has 0 heterocycles. The van der Waals surface area contributed by atoms with Gasteiger partial charge >= 0.3 is 0 Å². The zero-order valence-electron chi connectivity index (χ0n) is 6.92. The van der Waals surface area contributed by atoms with Crippen LogP contribution in [0.3, 0.4) is 0 Å². The van der Waals surface area contributed by atoms with Gasteiger partial charge in [-0.05, 0) is 18.1 Å². The van der Waals surface area contributed by atoms with Crippen molar-refractivity contribution in [2.24, 2.45) is 0 Å². The lowest BCUT2D eigenvalue weighted by atomic mass is 10.0. The molecule has 1 aromatic carbocycles. The summed E-state index contributed by atoms with van der Waals surface area (Å²) in [6.45, 7) is 2.09. The molecule has 0 aromatic heterocycles. The Labute approximate surface area is 85.9 Å². The minimum atomic E-state index is -0.226. The van der Waals surface area contributed by atoms with Crippen LogP contribution in [0.25, 0.3) is 0 Å². The number of hydrogen-bond donors (Lipinski definition) is 1. The van der Waals surface area contributed by atoms with Crippen LogP contribution in [-0.2, 0) is 9.84 Å². The molecule has 12 heavy (non-hydrogen) atoms. The van der Waals surface area contributed by atoms with Crippen molar-refractivity contribution < 1.29 is 5.11 Å². The number of aliphatic hydroxyl groups excluding tert-OH is 1. The average Bonchev–Trinajstić information content (AvgIpc) is 2.25. The van der Waals surface area contributed by atoms with Crippen molar-refractivity contribution in [3.05, 3.63) is 35.4 Å². The number of fused-ring (bicyclic) bond motifs is 1. The highest BCUT2D eigenvalue weighted by Crippen LogP contribution is 2.43. The molecule has 0 spiro atoms. The molecule has 0 aliphatic heterocycles. The van der Waals surface area contributed by atoms with Crippen LogP contribution in [0.1, 0.15) is 18.1 Å². The maximum absolute atomic E-state index is 9.77. The Kier molecular flexibility index (Phi) is 1.92. The lowest BCUT2D eigenvalue weighted by Crippen LogP contribution is -2.25. The van der Waals surface area contributed by atoms with E-state index in [1.807, 2.05) is 12.1 Å². The van der Waals surface area contributed by atoms with Crippen LogP contribution < -0.4 is 0 Å². The predicted octanol–water partition coefficient (Wildman–Crippen LogP) is 2.25. The largest absolute Gasteiger partial charge is 0.391 e. The monoisotopic (exact) mass is 274 g/mol. The third kappa shape index (κ3) is 1.09. The number of alkyl halides is 1. The first-order chi connectivity index (χ1) is 5.62. The van der Waals surface area contributed by atoms with Crippen molar-refractivity contribution in [2.75, 3.05) is 0 Å². The van der Waals surface area contributed by atoms with Gasteiger partial charge in [0.2, 0.25) is 0 Å². The summed E-state index contributed by atoms with van der Waals surface area (Å²) < 4.78 is -0.0889. The average molecular weight is 274 g/mol. The Morgan fingerprint density at radius 1 is 1.50 bits per heavy atom. The van der Waals surface area contributed by atoms with Gasteiger partial charge in [0.05, 0.1) is 9.53 Å². The van der Waals surface area contributed by atoms with E-state index in [1.165, 1.54) is 11.1 Å². The quantitative estimate of drug-likeness (QED) is 0.568. The van der Waals surface area contributed by atoms with Gasteiger partial charge in [0.1, 0.15) is 0 Å². The van der Waals surface area contributed by atoms with Gasteiger partial charge in [-0.1, -0.05) is 46.9 Å². The van der Waals surface area contributed by atoms with Gasteiger partial charge in [-0.2, -0.15) is 0 Å². The van der Waals surface area contributed by atoms with Gasteiger partial charge in [0.15, 0.2) is 0 Å². The molecule has 1 aliphatic rings. The van der Waals surface area contributed by atoms with E-state index in [9.17, 15) is 5.11 Å². The van der Waals surface area contributed by atoms with Crippen LogP contribution in [0.5, 0.6) is 0 Å². The number of benzene rings is 1. The minimum Gasteiger partial charge on any atom is -0.391 e. The normalized spacial score (nSPS) is 33.4.